The van der Waals surface area contributed by atoms with Gasteiger partial charge in [-0.25, -0.2) is 0 Å². The van der Waals surface area contributed by atoms with Crippen LogP contribution < -0.4 is 10.2 Å². The third kappa shape index (κ3) is 3.87. The lowest BCUT2D eigenvalue weighted by Crippen LogP contribution is -2.43. The Bertz CT molecular complexity index is 382. The number of hydrogen-bond acceptors (Lipinski definition) is 3. The minimum Gasteiger partial charge on any atom is -0.497 e. The Morgan fingerprint density at radius 2 is 1.61 bits per heavy atom. The topological polar surface area (TPSA) is 49.7 Å². The van der Waals surface area contributed by atoms with Gasteiger partial charge in [-0.15, -0.1) is 0 Å². The first-order valence-corrected chi connectivity index (χ1v) is 9.43. The number of ether oxygens (including phenoxy) is 1. The number of benzene rings is 1. The molecule has 0 radical (unpaired) electrons. The van der Waals surface area contributed by atoms with Gasteiger partial charge in [0.05, 0.1) is 14.3 Å². The highest BCUT2D eigenvalue weighted by atomic mass is 28.3. The van der Waals surface area contributed by atoms with Crippen molar-refractivity contribution in [2.45, 2.75) is 38.9 Å². The van der Waals surface area contributed by atoms with Crippen molar-refractivity contribution >= 4 is 20.7 Å². The molecule has 0 bridgehead atoms. The van der Waals surface area contributed by atoms with Crippen molar-refractivity contribution in [3.8, 4) is 5.75 Å². The van der Waals surface area contributed by atoms with Gasteiger partial charge in [-0.3, -0.25) is 0 Å². The zero-order chi connectivity index (χ0) is 14.0. The molecule has 0 saturated carbocycles. The van der Waals surface area contributed by atoms with Crippen molar-refractivity contribution in [3.05, 3.63) is 24.3 Å². The first-order valence-electron chi connectivity index (χ1n) is 6.22. The zero-order valence-corrected chi connectivity index (χ0v) is 12.9. The molecule has 0 aliphatic rings. The summed E-state index contributed by atoms with van der Waals surface area (Å²) in [4.78, 5) is 0. The van der Waals surface area contributed by atoms with Gasteiger partial charge >= 0.3 is 7.12 Å². The van der Waals surface area contributed by atoms with E-state index in [1.54, 1.807) is 24.3 Å². The van der Waals surface area contributed by atoms with Crippen molar-refractivity contribution in [2.24, 2.45) is 0 Å². The molecule has 3 nitrogen and oxygen atoms in total. The van der Waals surface area contributed by atoms with E-state index < -0.39 is 15.2 Å². The summed E-state index contributed by atoms with van der Waals surface area (Å²) in [6.07, 6.45) is 0.761. The Hall–Kier alpha value is -0.778. The lowest BCUT2D eigenvalue weighted by molar-refractivity contribution is 0.370. The van der Waals surface area contributed by atoms with Crippen LogP contribution in [0.15, 0.2) is 24.3 Å². The molecule has 0 fully saturated rings. The number of hydrogen-bond donors (Lipinski definition) is 2. The maximum absolute atomic E-state index is 9.00. The molecule has 1 aromatic rings. The minimum atomic E-state index is -1.44. The first-order chi connectivity index (χ1) is 8.13. The predicted molar refractivity (Wildman–Crippen MR) is 79.0 cm³/mol. The molecular formula is C13H23BO3Si. The fourth-order valence-electron chi connectivity index (χ4n) is 1.22. The van der Waals surface area contributed by atoms with E-state index in [0.29, 0.717) is 10.5 Å². The van der Waals surface area contributed by atoms with E-state index in [2.05, 4.69) is 33.9 Å². The molecule has 0 atom stereocenters. The van der Waals surface area contributed by atoms with Crippen molar-refractivity contribution in [1.82, 2.24) is 0 Å². The fourth-order valence-corrected chi connectivity index (χ4v) is 2.18. The standard InChI is InChI=1S/C13H23BO3Si/c1-13(2,3)18(4,5)10-17-12-8-6-11(7-9-12)14(15)16/h6-9,15-16H,10H2,1-5H3. The summed E-state index contributed by atoms with van der Waals surface area (Å²) in [6.45, 7) is 11.4. The van der Waals surface area contributed by atoms with E-state index in [1.165, 1.54) is 0 Å². The van der Waals surface area contributed by atoms with E-state index in [9.17, 15) is 0 Å². The summed E-state index contributed by atoms with van der Waals surface area (Å²) < 4.78 is 5.83. The average Bonchev–Trinajstić information content (AvgIpc) is 2.25. The zero-order valence-electron chi connectivity index (χ0n) is 11.9. The second-order valence-corrected chi connectivity index (χ2v) is 11.9. The maximum atomic E-state index is 9.00. The van der Waals surface area contributed by atoms with E-state index in [-0.39, 0.29) is 0 Å². The highest BCUT2D eigenvalue weighted by molar-refractivity contribution is 6.80. The van der Waals surface area contributed by atoms with Gasteiger partial charge in [0.15, 0.2) is 0 Å². The highest BCUT2D eigenvalue weighted by Crippen LogP contribution is 2.35. The van der Waals surface area contributed by atoms with Gasteiger partial charge in [0.2, 0.25) is 0 Å². The van der Waals surface area contributed by atoms with Crippen LogP contribution in [0.4, 0.5) is 0 Å². The van der Waals surface area contributed by atoms with Crippen molar-refractivity contribution < 1.29 is 14.8 Å². The van der Waals surface area contributed by atoms with Crippen LogP contribution in [-0.4, -0.2) is 31.5 Å². The lowest BCUT2D eigenvalue weighted by atomic mass is 9.80. The van der Waals surface area contributed by atoms with E-state index in [1.807, 2.05) is 0 Å². The van der Waals surface area contributed by atoms with Crippen LogP contribution >= 0.6 is 0 Å². The summed E-state index contributed by atoms with van der Waals surface area (Å²) >= 11 is 0. The van der Waals surface area contributed by atoms with Gasteiger partial charge in [0.25, 0.3) is 0 Å². The quantitative estimate of drug-likeness (QED) is 0.817. The van der Waals surface area contributed by atoms with Gasteiger partial charge in [-0.1, -0.05) is 46.0 Å². The largest absolute Gasteiger partial charge is 0.497 e. The number of rotatable bonds is 4. The molecule has 0 unspecified atom stereocenters. The van der Waals surface area contributed by atoms with Gasteiger partial charge in [-0.05, 0) is 22.6 Å². The second-order valence-electron chi connectivity index (χ2n) is 6.37. The Morgan fingerprint density at radius 3 is 2.00 bits per heavy atom. The van der Waals surface area contributed by atoms with E-state index >= 15 is 0 Å². The molecule has 0 heterocycles. The molecule has 18 heavy (non-hydrogen) atoms. The third-order valence-electron chi connectivity index (χ3n) is 3.81. The Labute approximate surface area is 111 Å². The fraction of sp³-hybridized carbons (Fsp3) is 0.538. The molecule has 0 spiro atoms. The molecular weight excluding hydrogens is 243 g/mol. The lowest BCUT2D eigenvalue weighted by Gasteiger charge is -2.36. The molecule has 100 valence electrons. The van der Waals surface area contributed by atoms with E-state index in [4.69, 9.17) is 14.8 Å². The first kappa shape index (κ1) is 15.3. The van der Waals surface area contributed by atoms with Crippen LogP contribution in [-0.2, 0) is 0 Å². The molecule has 1 rings (SSSR count). The Morgan fingerprint density at radius 1 is 1.11 bits per heavy atom. The second kappa shape index (κ2) is 5.47. The molecule has 1 aromatic carbocycles. The Kier molecular flexibility index (Phi) is 4.64. The summed E-state index contributed by atoms with van der Waals surface area (Å²) in [5, 5.41) is 18.3. The highest BCUT2D eigenvalue weighted by Gasteiger charge is 2.36. The predicted octanol–water partition coefficient (Wildman–Crippen LogP) is 1.79. The minimum absolute atomic E-state index is 0.300. The monoisotopic (exact) mass is 266 g/mol. The molecule has 0 aliphatic heterocycles. The molecule has 0 aliphatic carbocycles. The molecule has 2 N–H and O–H groups in total. The summed E-state index contributed by atoms with van der Waals surface area (Å²) in [5.74, 6) is 0.782. The van der Waals surface area contributed by atoms with Crippen molar-refractivity contribution in [3.63, 3.8) is 0 Å². The molecule has 5 heteroatoms. The normalized spacial score (nSPS) is 12.4. The van der Waals surface area contributed by atoms with Gasteiger partial charge in [0, 0.05) is 0 Å². The maximum Gasteiger partial charge on any atom is 0.488 e. The summed E-state index contributed by atoms with van der Waals surface area (Å²) in [5.41, 5.74) is 0.481. The van der Waals surface area contributed by atoms with Crippen LogP contribution in [0.3, 0.4) is 0 Å². The Balaban J connectivity index is 2.64. The van der Waals surface area contributed by atoms with Gasteiger partial charge in [-0.2, -0.15) is 0 Å². The third-order valence-corrected chi connectivity index (χ3v) is 8.73. The van der Waals surface area contributed by atoms with Crippen LogP contribution in [0.5, 0.6) is 5.75 Å². The van der Waals surface area contributed by atoms with Crippen LogP contribution in [0.1, 0.15) is 20.8 Å². The molecule has 0 saturated heterocycles. The molecule has 0 amide bonds. The summed E-state index contributed by atoms with van der Waals surface area (Å²) in [6, 6.07) is 6.90. The summed E-state index contributed by atoms with van der Waals surface area (Å²) in [7, 11) is -2.86. The SMILES string of the molecule is CC(C)(C)[Si](C)(C)COc1ccc(B(O)O)cc1. The van der Waals surface area contributed by atoms with Crippen molar-refractivity contribution in [1.29, 1.82) is 0 Å². The van der Waals surface area contributed by atoms with Crippen LogP contribution in [0.2, 0.25) is 18.1 Å². The van der Waals surface area contributed by atoms with Crippen LogP contribution in [0, 0.1) is 0 Å². The van der Waals surface area contributed by atoms with Gasteiger partial charge < -0.3 is 14.8 Å². The average molecular weight is 266 g/mol. The van der Waals surface area contributed by atoms with E-state index in [0.717, 1.165) is 12.0 Å². The van der Waals surface area contributed by atoms with Gasteiger partial charge in [0.1, 0.15) is 5.75 Å². The van der Waals surface area contributed by atoms with Crippen LogP contribution in [0.25, 0.3) is 0 Å². The van der Waals surface area contributed by atoms with Crippen molar-refractivity contribution in [2.75, 3.05) is 6.23 Å². The smallest absolute Gasteiger partial charge is 0.488 e. The molecule has 0 aromatic heterocycles.